The van der Waals surface area contributed by atoms with Crippen LogP contribution in [0, 0.1) is 0 Å². The highest BCUT2D eigenvalue weighted by Crippen LogP contribution is 2.34. The summed E-state index contributed by atoms with van der Waals surface area (Å²) in [7, 11) is 0. The van der Waals surface area contributed by atoms with E-state index in [0.717, 1.165) is 5.78 Å². The molecule has 2 saturated carbocycles. The molecule has 0 saturated heterocycles. The predicted molar refractivity (Wildman–Crippen MR) is 82.4 cm³/mol. The van der Waals surface area contributed by atoms with Gasteiger partial charge in [-0.3, -0.25) is 0 Å². The second-order valence-electron chi connectivity index (χ2n) is 6.75. The molecule has 0 radical (unpaired) electrons. The Bertz CT molecular complexity index is 606. The van der Waals surface area contributed by atoms with Gasteiger partial charge < -0.3 is 0 Å². The Hall–Kier alpha value is -1.45. The van der Waals surface area contributed by atoms with Gasteiger partial charge >= 0.3 is 0 Å². The third kappa shape index (κ3) is 2.56. The van der Waals surface area contributed by atoms with Crippen molar-refractivity contribution in [3.63, 3.8) is 0 Å². The summed E-state index contributed by atoms with van der Waals surface area (Å²) in [5.41, 5.74) is 2.46. The van der Waals surface area contributed by atoms with Gasteiger partial charge in [-0.05, 0) is 25.7 Å². The fourth-order valence-corrected chi connectivity index (χ4v) is 4.07. The van der Waals surface area contributed by atoms with Gasteiger partial charge in [-0.15, -0.1) is 0 Å². The Morgan fingerprint density at radius 1 is 0.762 bits per heavy atom. The topological polar surface area (TPSA) is 43.1 Å². The van der Waals surface area contributed by atoms with Crippen LogP contribution in [0.3, 0.4) is 0 Å². The third-order valence-electron chi connectivity index (χ3n) is 5.32. The second-order valence-corrected chi connectivity index (χ2v) is 6.75. The zero-order valence-electron chi connectivity index (χ0n) is 12.7. The van der Waals surface area contributed by atoms with Crippen molar-refractivity contribution in [2.45, 2.75) is 76.0 Å². The Kier molecular flexibility index (Phi) is 3.62. The SMILES string of the molecule is c1nc2ncc(C3CCCCC3)n2nc1C1CCCCC1. The number of imidazole rings is 1. The number of rotatable bonds is 2. The van der Waals surface area contributed by atoms with E-state index in [1.54, 1.807) is 0 Å². The molecule has 0 atom stereocenters. The molecule has 0 aliphatic heterocycles. The van der Waals surface area contributed by atoms with Gasteiger partial charge in [0.15, 0.2) is 0 Å². The smallest absolute Gasteiger partial charge is 0.218 e. The lowest BCUT2D eigenvalue weighted by molar-refractivity contribution is 0.420. The maximum Gasteiger partial charge on any atom is 0.250 e. The Labute approximate surface area is 126 Å². The van der Waals surface area contributed by atoms with Crippen LogP contribution in [0.5, 0.6) is 0 Å². The highest BCUT2D eigenvalue weighted by molar-refractivity contribution is 5.31. The summed E-state index contributed by atoms with van der Waals surface area (Å²) in [4.78, 5) is 9.03. The van der Waals surface area contributed by atoms with Crippen molar-refractivity contribution >= 4 is 5.78 Å². The molecule has 0 spiro atoms. The van der Waals surface area contributed by atoms with E-state index < -0.39 is 0 Å². The minimum atomic E-state index is 0.609. The van der Waals surface area contributed by atoms with Crippen LogP contribution in [0.2, 0.25) is 0 Å². The molecule has 0 bridgehead atoms. The van der Waals surface area contributed by atoms with Crippen molar-refractivity contribution in [2.75, 3.05) is 0 Å². The van der Waals surface area contributed by atoms with E-state index in [1.807, 2.05) is 16.9 Å². The van der Waals surface area contributed by atoms with Gasteiger partial charge in [0.05, 0.1) is 23.8 Å². The molecule has 112 valence electrons. The molecule has 4 rings (SSSR count). The van der Waals surface area contributed by atoms with E-state index in [1.165, 1.54) is 75.6 Å². The van der Waals surface area contributed by atoms with Crippen LogP contribution in [-0.4, -0.2) is 19.6 Å². The molecule has 0 unspecified atom stereocenters. The van der Waals surface area contributed by atoms with Gasteiger partial charge in [0, 0.05) is 11.8 Å². The van der Waals surface area contributed by atoms with Crippen LogP contribution in [-0.2, 0) is 0 Å². The average Bonchev–Trinajstić information content (AvgIpc) is 2.99. The van der Waals surface area contributed by atoms with Crippen molar-refractivity contribution in [3.8, 4) is 0 Å². The van der Waals surface area contributed by atoms with Gasteiger partial charge in [-0.2, -0.15) is 5.10 Å². The van der Waals surface area contributed by atoms with Crippen LogP contribution < -0.4 is 0 Å². The fourth-order valence-electron chi connectivity index (χ4n) is 4.07. The molecule has 2 aromatic rings. The molecule has 2 fully saturated rings. The van der Waals surface area contributed by atoms with Crippen LogP contribution in [0.4, 0.5) is 0 Å². The van der Waals surface area contributed by atoms with Crippen molar-refractivity contribution in [1.29, 1.82) is 0 Å². The van der Waals surface area contributed by atoms with Gasteiger partial charge in [-0.25, -0.2) is 14.5 Å². The van der Waals surface area contributed by atoms with E-state index >= 15 is 0 Å². The van der Waals surface area contributed by atoms with E-state index in [0.29, 0.717) is 11.8 Å². The van der Waals surface area contributed by atoms with Gasteiger partial charge in [0.25, 0.3) is 5.78 Å². The van der Waals surface area contributed by atoms with Crippen LogP contribution >= 0.6 is 0 Å². The monoisotopic (exact) mass is 284 g/mol. The van der Waals surface area contributed by atoms with Crippen molar-refractivity contribution in [1.82, 2.24) is 19.6 Å². The maximum absolute atomic E-state index is 4.93. The van der Waals surface area contributed by atoms with Crippen molar-refractivity contribution in [3.05, 3.63) is 23.8 Å². The standard InChI is InChI=1S/C17H24N4/c1-3-7-13(8-4-1)15-11-18-17-19-12-16(21(17)20-15)14-9-5-2-6-10-14/h11-14H,1-10H2. The zero-order chi connectivity index (χ0) is 14.1. The molecule has 2 aliphatic rings. The average molecular weight is 284 g/mol. The largest absolute Gasteiger partial charge is 0.250 e. The number of aromatic nitrogens is 4. The summed E-state index contributed by atoms with van der Waals surface area (Å²) in [5.74, 6) is 2.01. The van der Waals surface area contributed by atoms with Gasteiger partial charge in [0.1, 0.15) is 0 Å². The second kappa shape index (κ2) is 5.74. The summed E-state index contributed by atoms with van der Waals surface area (Å²) in [6.07, 6.45) is 17.2. The first-order chi connectivity index (χ1) is 10.4. The first-order valence-corrected chi connectivity index (χ1v) is 8.62. The molecule has 2 aromatic heterocycles. The molecule has 0 aromatic carbocycles. The lowest BCUT2D eigenvalue weighted by atomic mass is 9.87. The first kappa shape index (κ1) is 13.2. The summed E-state index contributed by atoms with van der Waals surface area (Å²) in [5, 5.41) is 4.93. The fraction of sp³-hybridized carbons (Fsp3) is 0.706. The lowest BCUT2D eigenvalue weighted by Gasteiger charge is -2.22. The van der Waals surface area contributed by atoms with Crippen LogP contribution in [0.25, 0.3) is 5.78 Å². The molecular formula is C17H24N4. The Morgan fingerprint density at radius 3 is 2.10 bits per heavy atom. The van der Waals surface area contributed by atoms with Crippen molar-refractivity contribution in [2.24, 2.45) is 0 Å². The molecule has 21 heavy (non-hydrogen) atoms. The minimum absolute atomic E-state index is 0.609. The van der Waals surface area contributed by atoms with E-state index in [-0.39, 0.29) is 0 Å². The molecule has 2 aliphatic carbocycles. The molecule has 2 heterocycles. The molecule has 4 heteroatoms. The summed E-state index contributed by atoms with van der Waals surface area (Å²) in [6.45, 7) is 0. The quantitative estimate of drug-likeness (QED) is 0.829. The number of hydrogen-bond donors (Lipinski definition) is 0. The molecule has 0 N–H and O–H groups in total. The zero-order valence-corrected chi connectivity index (χ0v) is 12.7. The van der Waals surface area contributed by atoms with Gasteiger partial charge in [-0.1, -0.05) is 38.5 Å². The third-order valence-corrected chi connectivity index (χ3v) is 5.32. The number of hydrogen-bond acceptors (Lipinski definition) is 3. The normalized spacial score (nSPS) is 21.9. The summed E-state index contributed by atoms with van der Waals surface area (Å²) >= 11 is 0. The van der Waals surface area contributed by atoms with Crippen LogP contribution in [0.15, 0.2) is 12.4 Å². The highest BCUT2D eigenvalue weighted by Gasteiger charge is 2.22. The number of nitrogens with zero attached hydrogens (tertiary/aromatic N) is 4. The van der Waals surface area contributed by atoms with E-state index in [4.69, 9.17) is 5.10 Å². The van der Waals surface area contributed by atoms with Crippen LogP contribution in [0.1, 0.15) is 87.4 Å². The summed E-state index contributed by atoms with van der Waals surface area (Å²) in [6, 6.07) is 0. The summed E-state index contributed by atoms with van der Waals surface area (Å²) < 4.78 is 2.04. The minimum Gasteiger partial charge on any atom is -0.218 e. The van der Waals surface area contributed by atoms with E-state index in [2.05, 4.69) is 9.97 Å². The highest BCUT2D eigenvalue weighted by atomic mass is 15.3. The Balaban J connectivity index is 1.68. The van der Waals surface area contributed by atoms with E-state index in [9.17, 15) is 0 Å². The molecule has 4 nitrogen and oxygen atoms in total. The van der Waals surface area contributed by atoms with Crippen molar-refractivity contribution < 1.29 is 0 Å². The molecule has 0 amide bonds. The van der Waals surface area contributed by atoms with Gasteiger partial charge in [0.2, 0.25) is 0 Å². The maximum atomic E-state index is 4.93. The number of fused-ring (bicyclic) bond motifs is 1. The lowest BCUT2D eigenvalue weighted by Crippen LogP contribution is -2.13. The molecular weight excluding hydrogens is 260 g/mol. The predicted octanol–water partition coefficient (Wildman–Crippen LogP) is 4.22. The first-order valence-electron chi connectivity index (χ1n) is 8.62. The Morgan fingerprint density at radius 2 is 1.38 bits per heavy atom.